The first-order chi connectivity index (χ1) is 18.3. The average molecular weight is 570 g/mol. The molecule has 1 fully saturated rings. The van der Waals surface area contributed by atoms with Crippen molar-refractivity contribution in [2.24, 2.45) is 5.92 Å². The molecule has 7 nitrogen and oxygen atoms in total. The topological polar surface area (TPSA) is 88.5 Å². The first kappa shape index (κ1) is 24.7. The molecule has 2 aliphatic heterocycles. The molecular weight excluding hydrogens is 553 g/mol. The minimum atomic E-state index is -0.826. The van der Waals surface area contributed by atoms with Crippen molar-refractivity contribution in [3.8, 4) is 0 Å². The van der Waals surface area contributed by atoms with Crippen LogP contribution in [0.25, 0.3) is 0 Å². The van der Waals surface area contributed by atoms with Gasteiger partial charge in [-0.25, -0.2) is 13.7 Å². The zero-order valence-electron chi connectivity index (χ0n) is 19.3. The average Bonchev–Trinajstić information content (AvgIpc) is 3.59. The summed E-state index contributed by atoms with van der Waals surface area (Å²) in [4.78, 5) is 55.3. The molecule has 0 aliphatic carbocycles. The Kier molecular flexibility index (Phi) is 6.25. The standard InChI is InChI=1S/C26H17F2N3O4S3/c27-13-3-7-15(8-4-13)29-18(32)12-30-25-22(38-26(30)35)19(17-2-1-11-36-17)20-21(37-25)24(34)31(23(20)33)16-9-5-14(28)6-10-16/h1-11,19-21H,12H2,(H,29,32). The van der Waals surface area contributed by atoms with Crippen LogP contribution in [0.15, 0.2) is 75.9 Å². The van der Waals surface area contributed by atoms with Crippen LogP contribution in [0.4, 0.5) is 20.2 Å². The molecule has 0 spiro atoms. The summed E-state index contributed by atoms with van der Waals surface area (Å²) in [5, 5.41) is 4.15. The number of thioether (sulfide) groups is 1. The molecule has 2 aliphatic rings. The van der Waals surface area contributed by atoms with E-state index in [2.05, 4.69) is 5.32 Å². The molecule has 6 rings (SSSR count). The summed E-state index contributed by atoms with van der Waals surface area (Å²) < 4.78 is 28.1. The Balaban J connectivity index is 1.38. The van der Waals surface area contributed by atoms with Gasteiger partial charge in [-0.15, -0.1) is 11.3 Å². The van der Waals surface area contributed by atoms with Gasteiger partial charge in [-0.2, -0.15) is 0 Å². The van der Waals surface area contributed by atoms with Crippen LogP contribution in [0.5, 0.6) is 0 Å². The molecule has 0 saturated carbocycles. The van der Waals surface area contributed by atoms with Gasteiger partial charge in [0.2, 0.25) is 17.7 Å². The number of anilines is 2. The number of nitrogens with one attached hydrogen (secondary N) is 1. The van der Waals surface area contributed by atoms with E-state index in [0.717, 1.165) is 32.9 Å². The fourth-order valence-electron chi connectivity index (χ4n) is 4.75. The first-order valence-electron chi connectivity index (χ1n) is 11.4. The molecule has 1 N–H and O–H groups in total. The van der Waals surface area contributed by atoms with Gasteiger partial charge < -0.3 is 5.32 Å². The highest BCUT2D eigenvalue weighted by atomic mass is 32.2. The van der Waals surface area contributed by atoms with Gasteiger partial charge in [0, 0.05) is 21.4 Å². The maximum atomic E-state index is 13.7. The van der Waals surface area contributed by atoms with Gasteiger partial charge >= 0.3 is 4.87 Å². The van der Waals surface area contributed by atoms with Crippen LogP contribution in [0.2, 0.25) is 0 Å². The largest absolute Gasteiger partial charge is 0.325 e. The number of hydrogen-bond donors (Lipinski definition) is 1. The van der Waals surface area contributed by atoms with Gasteiger partial charge in [0.05, 0.1) is 16.6 Å². The molecule has 38 heavy (non-hydrogen) atoms. The van der Waals surface area contributed by atoms with Crippen molar-refractivity contribution >= 4 is 63.5 Å². The number of benzene rings is 2. The molecule has 0 bridgehead atoms. The Morgan fingerprint density at radius 3 is 2.26 bits per heavy atom. The van der Waals surface area contributed by atoms with E-state index < -0.39 is 46.4 Å². The maximum Gasteiger partial charge on any atom is 0.308 e. The zero-order valence-corrected chi connectivity index (χ0v) is 21.7. The summed E-state index contributed by atoms with van der Waals surface area (Å²) in [7, 11) is 0. The minimum Gasteiger partial charge on any atom is -0.325 e. The van der Waals surface area contributed by atoms with Crippen molar-refractivity contribution in [2.75, 3.05) is 10.2 Å². The molecule has 12 heteroatoms. The van der Waals surface area contributed by atoms with Crippen molar-refractivity contribution in [3.05, 3.63) is 97.1 Å². The molecule has 3 atom stereocenters. The summed E-state index contributed by atoms with van der Waals surface area (Å²) in [5.74, 6) is -3.59. The molecule has 1 saturated heterocycles. The zero-order chi connectivity index (χ0) is 26.6. The SMILES string of the molecule is O=C(Cn1c2c(sc1=O)C(c1cccs1)C1C(=O)N(c3ccc(F)cc3)C(=O)C1S2)Nc1ccc(F)cc1. The summed E-state index contributed by atoms with van der Waals surface area (Å²) >= 11 is 3.48. The van der Waals surface area contributed by atoms with E-state index in [4.69, 9.17) is 0 Å². The van der Waals surface area contributed by atoms with E-state index in [1.54, 1.807) is 0 Å². The number of carbonyl (C=O) groups is 3. The number of imide groups is 1. The Bertz CT molecular complexity index is 1610. The van der Waals surface area contributed by atoms with Crippen molar-refractivity contribution < 1.29 is 23.2 Å². The minimum absolute atomic E-state index is 0.278. The van der Waals surface area contributed by atoms with Crippen LogP contribution in [0.1, 0.15) is 15.7 Å². The second-order valence-electron chi connectivity index (χ2n) is 8.72. The smallest absolute Gasteiger partial charge is 0.308 e. The molecule has 4 heterocycles. The highest BCUT2D eigenvalue weighted by Gasteiger charge is 2.57. The van der Waals surface area contributed by atoms with Crippen LogP contribution in [-0.4, -0.2) is 27.5 Å². The number of halogens is 2. The van der Waals surface area contributed by atoms with Crippen molar-refractivity contribution in [1.82, 2.24) is 4.57 Å². The Morgan fingerprint density at radius 2 is 1.61 bits per heavy atom. The third kappa shape index (κ3) is 4.18. The summed E-state index contributed by atoms with van der Waals surface area (Å²) in [5.41, 5.74) is 0.657. The lowest BCUT2D eigenvalue weighted by Crippen LogP contribution is -2.32. The third-order valence-electron chi connectivity index (χ3n) is 6.41. The van der Waals surface area contributed by atoms with E-state index >= 15 is 0 Å². The molecule has 192 valence electrons. The molecule has 2 aromatic heterocycles. The fraction of sp³-hybridized carbons (Fsp3) is 0.154. The van der Waals surface area contributed by atoms with Crippen LogP contribution in [0, 0.1) is 17.6 Å². The lowest BCUT2D eigenvalue weighted by molar-refractivity contribution is -0.122. The third-order valence-corrected chi connectivity index (χ3v) is 9.97. The summed E-state index contributed by atoms with van der Waals surface area (Å²) in [6, 6.07) is 14.1. The number of amides is 3. The van der Waals surface area contributed by atoms with E-state index in [1.807, 2.05) is 17.5 Å². The number of rotatable bonds is 5. The first-order valence-corrected chi connectivity index (χ1v) is 14.0. The summed E-state index contributed by atoms with van der Waals surface area (Å²) in [6.45, 7) is -0.312. The van der Waals surface area contributed by atoms with Crippen molar-refractivity contribution in [3.63, 3.8) is 0 Å². The Hall–Kier alpha value is -3.61. The number of fused-ring (bicyclic) bond motifs is 2. The summed E-state index contributed by atoms with van der Waals surface area (Å²) in [6.07, 6.45) is 0. The van der Waals surface area contributed by atoms with Crippen LogP contribution in [0.3, 0.4) is 0 Å². The number of thiophene rings is 1. The molecule has 3 amide bonds. The maximum absolute atomic E-state index is 13.7. The molecule has 3 unspecified atom stereocenters. The van der Waals surface area contributed by atoms with E-state index in [9.17, 15) is 28.0 Å². The normalized spacial score (nSPS) is 20.4. The number of carbonyl (C=O) groups excluding carboxylic acids is 3. The van der Waals surface area contributed by atoms with E-state index in [-0.39, 0.29) is 17.1 Å². The van der Waals surface area contributed by atoms with Crippen molar-refractivity contribution in [2.45, 2.75) is 22.7 Å². The van der Waals surface area contributed by atoms with Gasteiger partial charge in [-0.3, -0.25) is 23.7 Å². The fourth-order valence-corrected chi connectivity index (χ4v) is 8.47. The highest BCUT2D eigenvalue weighted by Crippen LogP contribution is 2.54. The van der Waals surface area contributed by atoms with E-state index in [0.29, 0.717) is 15.6 Å². The Morgan fingerprint density at radius 1 is 0.921 bits per heavy atom. The number of aromatic nitrogens is 1. The van der Waals surface area contributed by atoms with Crippen molar-refractivity contribution in [1.29, 1.82) is 0 Å². The van der Waals surface area contributed by atoms with Crippen LogP contribution < -0.4 is 15.1 Å². The molecular formula is C26H17F2N3O4S3. The number of nitrogens with zero attached hydrogens (tertiary/aromatic N) is 2. The second-order valence-corrected chi connectivity index (χ2v) is 11.8. The van der Waals surface area contributed by atoms with E-state index in [1.165, 1.54) is 64.4 Å². The predicted octanol–water partition coefficient (Wildman–Crippen LogP) is 4.68. The molecule has 2 aromatic carbocycles. The Labute approximate surface area is 226 Å². The molecule has 4 aromatic rings. The second kappa shape index (κ2) is 9.61. The monoisotopic (exact) mass is 569 g/mol. The van der Waals surface area contributed by atoms with Gasteiger partial charge in [0.15, 0.2) is 0 Å². The van der Waals surface area contributed by atoms with Gasteiger partial charge in [0.1, 0.15) is 23.4 Å². The number of thiazole rings is 1. The van der Waals surface area contributed by atoms with Gasteiger partial charge in [0.25, 0.3) is 0 Å². The molecule has 0 radical (unpaired) electrons. The lowest BCUT2D eigenvalue weighted by atomic mass is 9.87. The van der Waals surface area contributed by atoms with Gasteiger partial charge in [-0.05, 0) is 60.0 Å². The van der Waals surface area contributed by atoms with Crippen LogP contribution >= 0.6 is 34.4 Å². The highest BCUT2D eigenvalue weighted by molar-refractivity contribution is 8.00. The quantitative estimate of drug-likeness (QED) is 0.353. The predicted molar refractivity (Wildman–Crippen MR) is 142 cm³/mol. The van der Waals surface area contributed by atoms with Crippen LogP contribution in [-0.2, 0) is 20.9 Å². The van der Waals surface area contributed by atoms with Gasteiger partial charge in [-0.1, -0.05) is 29.2 Å². The number of hydrogen-bond acceptors (Lipinski definition) is 7. The lowest BCUT2D eigenvalue weighted by Gasteiger charge is -2.29.